The molecule has 0 aliphatic heterocycles. The van der Waals surface area contributed by atoms with E-state index in [0.29, 0.717) is 22.6 Å². The molecule has 1 atom stereocenters. The molecule has 0 aromatic heterocycles. The van der Waals surface area contributed by atoms with Crippen LogP contribution in [0.25, 0.3) is 0 Å². The summed E-state index contributed by atoms with van der Waals surface area (Å²) in [5, 5.41) is 10.7. The van der Waals surface area contributed by atoms with Crippen molar-refractivity contribution in [3.05, 3.63) is 58.4 Å². The van der Waals surface area contributed by atoms with Crippen molar-refractivity contribution in [2.24, 2.45) is 0 Å². The van der Waals surface area contributed by atoms with Gasteiger partial charge < -0.3 is 14.6 Å². The van der Waals surface area contributed by atoms with Gasteiger partial charge in [-0.15, -0.1) is 0 Å². The number of aliphatic hydroxyl groups excluding tert-OH is 1. The Morgan fingerprint density at radius 2 is 1.57 bits per heavy atom. The van der Waals surface area contributed by atoms with Gasteiger partial charge in [-0.25, -0.2) is 4.39 Å². The van der Waals surface area contributed by atoms with Gasteiger partial charge in [-0.2, -0.15) is 0 Å². The van der Waals surface area contributed by atoms with Crippen LogP contribution in [0.4, 0.5) is 4.39 Å². The van der Waals surface area contributed by atoms with Crippen LogP contribution >= 0.6 is 0 Å². The van der Waals surface area contributed by atoms with E-state index < -0.39 is 11.9 Å². The first kappa shape index (κ1) is 15.3. The molecule has 2 aromatic rings. The molecular weight excluding hydrogens is 271 g/mol. The Morgan fingerprint density at radius 3 is 2.05 bits per heavy atom. The molecule has 0 saturated heterocycles. The molecule has 0 aliphatic carbocycles. The molecule has 3 nitrogen and oxygen atoms in total. The minimum absolute atomic E-state index is 0.239. The number of ether oxygens (including phenoxy) is 2. The molecule has 2 rings (SSSR count). The lowest BCUT2D eigenvalue weighted by Crippen LogP contribution is -2.09. The Bertz CT molecular complexity index is 607. The Kier molecular flexibility index (Phi) is 4.48. The van der Waals surface area contributed by atoms with Crippen molar-refractivity contribution in [1.29, 1.82) is 0 Å². The third-order valence-electron chi connectivity index (χ3n) is 3.49. The fourth-order valence-corrected chi connectivity index (χ4v) is 2.57. The molecule has 112 valence electrons. The second kappa shape index (κ2) is 6.14. The zero-order chi connectivity index (χ0) is 15.6. The molecule has 0 radical (unpaired) electrons. The first-order valence-electron chi connectivity index (χ1n) is 6.65. The minimum atomic E-state index is -1.16. The van der Waals surface area contributed by atoms with Crippen LogP contribution in [0.15, 0.2) is 30.3 Å². The Balaban J connectivity index is 2.62. The summed E-state index contributed by atoms with van der Waals surface area (Å²) >= 11 is 0. The third-order valence-corrected chi connectivity index (χ3v) is 3.49. The second-order valence-electron chi connectivity index (χ2n) is 4.96. The zero-order valence-electron chi connectivity index (χ0n) is 12.6. The van der Waals surface area contributed by atoms with E-state index in [0.717, 1.165) is 5.56 Å². The summed E-state index contributed by atoms with van der Waals surface area (Å²) in [6.07, 6.45) is -1.16. The van der Waals surface area contributed by atoms with Crippen LogP contribution in [0.1, 0.15) is 28.4 Å². The minimum Gasteiger partial charge on any atom is -0.496 e. The lowest BCUT2D eigenvalue weighted by molar-refractivity contribution is 0.203. The molecule has 21 heavy (non-hydrogen) atoms. The highest BCUT2D eigenvalue weighted by molar-refractivity contribution is 5.51. The summed E-state index contributed by atoms with van der Waals surface area (Å²) in [4.78, 5) is 0. The lowest BCUT2D eigenvalue weighted by Gasteiger charge is -2.20. The van der Waals surface area contributed by atoms with E-state index in [-0.39, 0.29) is 5.56 Å². The van der Waals surface area contributed by atoms with Crippen molar-refractivity contribution in [2.45, 2.75) is 20.0 Å². The number of hydrogen-bond acceptors (Lipinski definition) is 3. The van der Waals surface area contributed by atoms with Crippen LogP contribution in [-0.4, -0.2) is 19.3 Å². The quantitative estimate of drug-likeness (QED) is 0.936. The molecular formula is C17H19FO3. The Hall–Kier alpha value is -2.07. The fourth-order valence-electron chi connectivity index (χ4n) is 2.57. The van der Waals surface area contributed by atoms with Crippen molar-refractivity contribution in [2.75, 3.05) is 14.2 Å². The standard InChI is InChI=1S/C17H19FO3/c1-10-8-11(2)15(12(18)9-10)17(19)16-13(20-3)6-5-7-14(16)21-4/h5-9,17,19H,1-4H3. The molecule has 0 heterocycles. The molecule has 0 bridgehead atoms. The van der Waals surface area contributed by atoms with Crippen molar-refractivity contribution < 1.29 is 19.0 Å². The molecule has 1 N–H and O–H groups in total. The average Bonchev–Trinajstić information content (AvgIpc) is 2.44. The van der Waals surface area contributed by atoms with Gasteiger partial charge in [0, 0.05) is 5.56 Å². The summed E-state index contributed by atoms with van der Waals surface area (Å²) in [5.41, 5.74) is 2.16. The highest BCUT2D eigenvalue weighted by Gasteiger charge is 2.24. The van der Waals surface area contributed by atoms with Crippen LogP contribution in [0.2, 0.25) is 0 Å². The molecule has 0 fully saturated rings. The molecule has 4 heteroatoms. The van der Waals surface area contributed by atoms with E-state index in [1.807, 2.05) is 13.0 Å². The number of rotatable bonds is 4. The normalized spacial score (nSPS) is 12.1. The van der Waals surface area contributed by atoms with Crippen LogP contribution in [-0.2, 0) is 0 Å². The van der Waals surface area contributed by atoms with E-state index in [4.69, 9.17) is 9.47 Å². The maximum atomic E-state index is 14.3. The molecule has 0 spiro atoms. The Labute approximate surface area is 124 Å². The number of aliphatic hydroxyl groups is 1. The van der Waals surface area contributed by atoms with Crippen LogP contribution in [0, 0.1) is 19.7 Å². The number of halogens is 1. The average molecular weight is 290 g/mol. The highest BCUT2D eigenvalue weighted by atomic mass is 19.1. The van der Waals surface area contributed by atoms with Crippen molar-refractivity contribution >= 4 is 0 Å². The number of benzene rings is 2. The number of methoxy groups -OCH3 is 2. The van der Waals surface area contributed by atoms with E-state index in [9.17, 15) is 9.50 Å². The maximum absolute atomic E-state index is 14.3. The third kappa shape index (κ3) is 2.85. The predicted molar refractivity (Wildman–Crippen MR) is 79.5 cm³/mol. The molecule has 1 unspecified atom stereocenters. The fraction of sp³-hybridized carbons (Fsp3) is 0.294. The van der Waals surface area contributed by atoms with Gasteiger partial charge in [0.15, 0.2) is 0 Å². The van der Waals surface area contributed by atoms with E-state index >= 15 is 0 Å². The van der Waals surface area contributed by atoms with Gasteiger partial charge in [0.2, 0.25) is 0 Å². The number of aryl methyl sites for hydroxylation is 2. The molecule has 0 saturated carbocycles. The predicted octanol–water partition coefficient (Wildman–Crippen LogP) is 3.54. The van der Waals surface area contributed by atoms with Gasteiger partial charge in [-0.3, -0.25) is 0 Å². The van der Waals surface area contributed by atoms with E-state index in [1.54, 1.807) is 25.1 Å². The van der Waals surface area contributed by atoms with Crippen LogP contribution in [0.3, 0.4) is 0 Å². The Morgan fingerprint density at radius 1 is 1.00 bits per heavy atom. The summed E-state index contributed by atoms with van der Waals surface area (Å²) in [6.45, 7) is 3.59. The van der Waals surface area contributed by atoms with Crippen LogP contribution in [0.5, 0.6) is 11.5 Å². The largest absolute Gasteiger partial charge is 0.496 e. The smallest absolute Gasteiger partial charge is 0.129 e. The van der Waals surface area contributed by atoms with Crippen molar-refractivity contribution in [1.82, 2.24) is 0 Å². The SMILES string of the molecule is COc1cccc(OC)c1C(O)c1c(C)cc(C)cc1F. The molecule has 2 aromatic carbocycles. The first-order chi connectivity index (χ1) is 9.99. The van der Waals surface area contributed by atoms with Gasteiger partial charge in [-0.1, -0.05) is 12.1 Å². The van der Waals surface area contributed by atoms with Crippen molar-refractivity contribution in [3.8, 4) is 11.5 Å². The van der Waals surface area contributed by atoms with Gasteiger partial charge in [0.1, 0.15) is 23.4 Å². The zero-order valence-corrected chi connectivity index (χ0v) is 12.6. The second-order valence-corrected chi connectivity index (χ2v) is 4.96. The highest BCUT2D eigenvalue weighted by Crippen LogP contribution is 2.39. The monoisotopic (exact) mass is 290 g/mol. The van der Waals surface area contributed by atoms with Crippen LogP contribution < -0.4 is 9.47 Å². The summed E-state index contributed by atoms with van der Waals surface area (Å²) < 4.78 is 24.8. The van der Waals surface area contributed by atoms with Gasteiger partial charge in [0.05, 0.1) is 19.8 Å². The topological polar surface area (TPSA) is 38.7 Å². The van der Waals surface area contributed by atoms with Gasteiger partial charge in [0.25, 0.3) is 0 Å². The summed E-state index contributed by atoms with van der Waals surface area (Å²) in [5.74, 6) is 0.482. The van der Waals surface area contributed by atoms with E-state index in [1.165, 1.54) is 20.3 Å². The van der Waals surface area contributed by atoms with E-state index in [2.05, 4.69) is 0 Å². The first-order valence-corrected chi connectivity index (χ1v) is 6.65. The lowest BCUT2D eigenvalue weighted by atomic mass is 9.94. The number of hydrogen-bond donors (Lipinski definition) is 1. The molecule has 0 aliphatic rings. The summed E-state index contributed by atoms with van der Waals surface area (Å²) in [7, 11) is 3.01. The maximum Gasteiger partial charge on any atom is 0.129 e. The van der Waals surface area contributed by atoms with Gasteiger partial charge >= 0.3 is 0 Å². The van der Waals surface area contributed by atoms with Gasteiger partial charge in [-0.05, 0) is 43.2 Å². The molecule has 0 amide bonds. The summed E-state index contributed by atoms with van der Waals surface area (Å²) in [6, 6.07) is 8.42. The van der Waals surface area contributed by atoms with Crippen molar-refractivity contribution in [3.63, 3.8) is 0 Å².